The van der Waals surface area contributed by atoms with Crippen LogP contribution in [0.1, 0.15) is 6.92 Å². The number of hydrogen-bond acceptors (Lipinski definition) is 5. The van der Waals surface area contributed by atoms with Crippen molar-refractivity contribution in [2.75, 3.05) is 19.8 Å². The monoisotopic (exact) mass is 219 g/mol. The Kier molecular flexibility index (Phi) is 3.44. The van der Waals surface area contributed by atoms with Crippen LogP contribution in [0.3, 0.4) is 0 Å². The summed E-state index contributed by atoms with van der Waals surface area (Å²) in [6.07, 6.45) is -0.676. The topological polar surface area (TPSA) is 96.4 Å². The molecule has 1 rings (SSSR count). The van der Waals surface area contributed by atoms with Gasteiger partial charge in [-0.3, -0.25) is 0 Å². The minimum Gasteiger partial charge on any atom is -0.377 e. The molecule has 14 heavy (non-hydrogen) atoms. The van der Waals surface area contributed by atoms with Crippen LogP contribution in [0.25, 0.3) is 0 Å². The van der Waals surface area contributed by atoms with Crippen LogP contribution in [-0.2, 0) is 14.8 Å². The molecule has 0 amide bonds. The third kappa shape index (κ3) is 2.04. The van der Waals surface area contributed by atoms with Crippen LogP contribution in [0.2, 0.25) is 0 Å². The maximum Gasteiger partial charge on any atom is 0.231 e. The van der Waals surface area contributed by atoms with E-state index in [0.717, 1.165) is 4.31 Å². The Bertz CT molecular complexity index is 335. The van der Waals surface area contributed by atoms with Crippen molar-refractivity contribution in [1.29, 1.82) is 5.26 Å². The van der Waals surface area contributed by atoms with Crippen molar-refractivity contribution in [3.05, 3.63) is 0 Å². The van der Waals surface area contributed by atoms with Crippen molar-refractivity contribution in [2.45, 2.75) is 18.3 Å². The van der Waals surface area contributed by atoms with E-state index in [-0.39, 0.29) is 13.2 Å². The van der Waals surface area contributed by atoms with Crippen LogP contribution in [0.4, 0.5) is 0 Å². The molecule has 0 aromatic carbocycles. The van der Waals surface area contributed by atoms with E-state index in [9.17, 15) is 8.42 Å². The summed E-state index contributed by atoms with van der Waals surface area (Å²) in [5.74, 6) is 0. The van der Waals surface area contributed by atoms with Gasteiger partial charge in [0.15, 0.2) is 5.25 Å². The molecule has 0 radical (unpaired) electrons. The summed E-state index contributed by atoms with van der Waals surface area (Å²) in [6, 6.07) is 1.70. The molecule has 0 aliphatic carbocycles. The van der Waals surface area contributed by atoms with Gasteiger partial charge in [-0.05, 0) is 6.92 Å². The average Bonchev–Trinajstić information content (AvgIpc) is 2.17. The standard InChI is InChI=1S/C7H13N3O3S/c1-6(4-8)14(11,12)10-2-3-13-5-7(10)9/h6-7H,2-3,5,9H2,1H3. The second-order valence-corrected chi connectivity index (χ2v) is 5.28. The summed E-state index contributed by atoms with van der Waals surface area (Å²) >= 11 is 0. The fourth-order valence-corrected chi connectivity index (χ4v) is 2.50. The lowest BCUT2D eigenvalue weighted by Gasteiger charge is -2.32. The minimum atomic E-state index is -3.59. The molecule has 0 spiro atoms. The van der Waals surface area contributed by atoms with Crippen molar-refractivity contribution in [2.24, 2.45) is 5.73 Å². The Morgan fingerprint density at radius 1 is 1.71 bits per heavy atom. The van der Waals surface area contributed by atoms with Crippen LogP contribution < -0.4 is 5.73 Å². The fourth-order valence-electron chi connectivity index (χ4n) is 1.19. The summed E-state index contributed by atoms with van der Waals surface area (Å²) in [5, 5.41) is 7.50. The number of hydrogen-bond donors (Lipinski definition) is 1. The van der Waals surface area contributed by atoms with Crippen molar-refractivity contribution >= 4 is 10.0 Å². The highest BCUT2D eigenvalue weighted by Gasteiger charge is 2.34. The fraction of sp³-hybridized carbons (Fsp3) is 0.857. The summed E-state index contributed by atoms with van der Waals surface area (Å²) in [6.45, 7) is 2.06. The molecule has 1 aliphatic rings. The number of nitrogens with zero attached hydrogens (tertiary/aromatic N) is 2. The SMILES string of the molecule is CC(C#N)S(=O)(=O)N1CCOCC1N. The molecule has 2 atom stereocenters. The second-order valence-electron chi connectivity index (χ2n) is 3.07. The van der Waals surface area contributed by atoms with Gasteiger partial charge in [0.05, 0.1) is 25.4 Å². The van der Waals surface area contributed by atoms with E-state index in [1.54, 1.807) is 6.07 Å². The quantitative estimate of drug-likeness (QED) is 0.632. The lowest BCUT2D eigenvalue weighted by Crippen LogP contribution is -2.55. The van der Waals surface area contributed by atoms with Crippen LogP contribution in [0, 0.1) is 11.3 Å². The Hall–Kier alpha value is -0.680. The van der Waals surface area contributed by atoms with E-state index in [0.29, 0.717) is 6.61 Å². The highest BCUT2D eigenvalue weighted by atomic mass is 32.2. The smallest absolute Gasteiger partial charge is 0.231 e. The average molecular weight is 219 g/mol. The molecule has 1 saturated heterocycles. The number of morpholine rings is 1. The van der Waals surface area contributed by atoms with Crippen molar-refractivity contribution in [1.82, 2.24) is 4.31 Å². The van der Waals surface area contributed by atoms with E-state index in [2.05, 4.69) is 0 Å². The molecule has 0 aromatic rings. The third-order valence-electron chi connectivity index (χ3n) is 2.07. The third-order valence-corrected chi connectivity index (χ3v) is 4.18. The Morgan fingerprint density at radius 2 is 2.36 bits per heavy atom. The lowest BCUT2D eigenvalue weighted by molar-refractivity contribution is 0.0348. The van der Waals surface area contributed by atoms with Crippen LogP contribution in [-0.4, -0.2) is 43.9 Å². The first kappa shape index (κ1) is 11.4. The first-order valence-electron chi connectivity index (χ1n) is 4.23. The van der Waals surface area contributed by atoms with Crippen molar-refractivity contribution < 1.29 is 13.2 Å². The molecule has 0 aromatic heterocycles. The minimum absolute atomic E-state index is 0.178. The van der Waals surface area contributed by atoms with E-state index in [1.165, 1.54) is 6.92 Å². The maximum absolute atomic E-state index is 11.7. The highest BCUT2D eigenvalue weighted by molar-refractivity contribution is 7.90. The van der Waals surface area contributed by atoms with E-state index >= 15 is 0 Å². The summed E-state index contributed by atoms with van der Waals surface area (Å²) in [7, 11) is -3.59. The largest absolute Gasteiger partial charge is 0.377 e. The van der Waals surface area contributed by atoms with Crippen molar-refractivity contribution in [3.8, 4) is 6.07 Å². The first-order chi connectivity index (χ1) is 6.50. The molecule has 2 N–H and O–H groups in total. The van der Waals surface area contributed by atoms with Gasteiger partial charge in [0, 0.05) is 6.54 Å². The number of ether oxygens (including phenoxy) is 1. The van der Waals surface area contributed by atoms with E-state index in [1.807, 2.05) is 0 Å². The van der Waals surface area contributed by atoms with Crippen LogP contribution >= 0.6 is 0 Å². The molecule has 1 heterocycles. The van der Waals surface area contributed by atoms with Crippen LogP contribution in [0.5, 0.6) is 0 Å². The number of nitriles is 1. The predicted molar refractivity (Wildman–Crippen MR) is 49.5 cm³/mol. The van der Waals surface area contributed by atoms with Gasteiger partial charge in [-0.25, -0.2) is 8.42 Å². The second kappa shape index (κ2) is 4.23. The zero-order valence-corrected chi connectivity index (χ0v) is 8.70. The molecule has 80 valence electrons. The van der Waals surface area contributed by atoms with Gasteiger partial charge in [0.1, 0.15) is 0 Å². The van der Waals surface area contributed by atoms with Gasteiger partial charge in [-0.15, -0.1) is 0 Å². The maximum atomic E-state index is 11.7. The van der Waals surface area contributed by atoms with Gasteiger partial charge >= 0.3 is 0 Å². The van der Waals surface area contributed by atoms with Gasteiger partial charge in [-0.1, -0.05) is 0 Å². The molecular weight excluding hydrogens is 206 g/mol. The van der Waals surface area contributed by atoms with Crippen LogP contribution in [0.15, 0.2) is 0 Å². The molecule has 6 nitrogen and oxygen atoms in total. The lowest BCUT2D eigenvalue weighted by atomic mass is 10.4. The molecule has 1 fully saturated rings. The normalized spacial score (nSPS) is 26.8. The molecule has 0 saturated carbocycles. The van der Waals surface area contributed by atoms with E-state index in [4.69, 9.17) is 15.7 Å². The Morgan fingerprint density at radius 3 is 2.86 bits per heavy atom. The number of sulfonamides is 1. The molecule has 1 aliphatic heterocycles. The molecule has 7 heteroatoms. The zero-order chi connectivity index (χ0) is 10.8. The zero-order valence-electron chi connectivity index (χ0n) is 7.88. The van der Waals surface area contributed by atoms with Gasteiger partial charge in [0.2, 0.25) is 10.0 Å². The van der Waals surface area contributed by atoms with Gasteiger partial charge in [0.25, 0.3) is 0 Å². The van der Waals surface area contributed by atoms with Gasteiger partial charge < -0.3 is 10.5 Å². The van der Waals surface area contributed by atoms with Gasteiger partial charge in [-0.2, -0.15) is 9.57 Å². The summed E-state index contributed by atoms with van der Waals surface area (Å²) < 4.78 is 29.5. The summed E-state index contributed by atoms with van der Waals surface area (Å²) in [4.78, 5) is 0. The Balaban J connectivity index is 2.87. The highest BCUT2D eigenvalue weighted by Crippen LogP contribution is 2.13. The first-order valence-corrected chi connectivity index (χ1v) is 5.74. The molecule has 0 bridgehead atoms. The Labute approximate surface area is 83.3 Å². The number of nitrogens with two attached hydrogens (primary N) is 1. The molecular formula is C7H13N3O3S. The summed E-state index contributed by atoms with van der Waals surface area (Å²) in [5.41, 5.74) is 5.57. The number of rotatable bonds is 2. The van der Waals surface area contributed by atoms with E-state index < -0.39 is 21.4 Å². The van der Waals surface area contributed by atoms with Crippen molar-refractivity contribution in [3.63, 3.8) is 0 Å². The predicted octanol–water partition coefficient (Wildman–Crippen LogP) is -1.15. The molecule has 2 unspecified atom stereocenters.